The Morgan fingerprint density at radius 1 is 1.33 bits per heavy atom. The second-order valence-corrected chi connectivity index (χ2v) is 6.39. The molecule has 98 valence electrons. The van der Waals surface area contributed by atoms with Gasteiger partial charge in [-0.3, -0.25) is 4.79 Å². The minimum atomic E-state index is 0.228. The normalized spacial score (nSPS) is 14.8. The highest BCUT2D eigenvalue weighted by molar-refractivity contribution is 5.96. The van der Waals surface area contributed by atoms with Gasteiger partial charge in [-0.15, -0.1) is 0 Å². The van der Waals surface area contributed by atoms with Crippen LogP contribution in [-0.4, -0.2) is 12.3 Å². The molecule has 0 saturated carbocycles. The number of fused-ring (bicyclic) bond motifs is 1. The fourth-order valence-electron chi connectivity index (χ4n) is 2.28. The van der Waals surface area contributed by atoms with Crippen LogP contribution in [0.25, 0.3) is 0 Å². The van der Waals surface area contributed by atoms with E-state index in [9.17, 15) is 4.79 Å². The first kappa shape index (κ1) is 13.1. The average Bonchev–Trinajstić information content (AvgIpc) is 2.34. The molecule has 0 fully saturated rings. The Balaban J connectivity index is 2.07. The van der Waals surface area contributed by atoms with Gasteiger partial charge < -0.3 is 5.32 Å². The van der Waals surface area contributed by atoms with Crippen molar-refractivity contribution in [3.63, 3.8) is 0 Å². The molecule has 1 aromatic rings. The smallest absolute Gasteiger partial charge is 0.162 e. The van der Waals surface area contributed by atoms with E-state index in [1.165, 1.54) is 11.3 Å². The van der Waals surface area contributed by atoms with Gasteiger partial charge in [0.1, 0.15) is 0 Å². The third-order valence-corrected chi connectivity index (χ3v) is 3.47. The zero-order valence-electron chi connectivity index (χ0n) is 11.7. The molecule has 0 radical (unpaired) electrons. The molecule has 0 amide bonds. The Kier molecular flexibility index (Phi) is 3.74. The number of nitrogens with one attached hydrogen (secondary N) is 1. The van der Waals surface area contributed by atoms with Crippen molar-refractivity contribution in [3.05, 3.63) is 29.3 Å². The zero-order chi connectivity index (χ0) is 13.2. The van der Waals surface area contributed by atoms with E-state index < -0.39 is 0 Å². The predicted molar refractivity (Wildman–Crippen MR) is 76.3 cm³/mol. The summed E-state index contributed by atoms with van der Waals surface area (Å²) in [4.78, 5) is 12.2. The van der Waals surface area contributed by atoms with Gasteiger partial charge >= 0.3 is 0 Å². The molecule has 0 bridgehead atoms. The largest absolute Gasteiger partial charge is 0.385 e. The number of rotatable bonds is 3. The van der Waals surface area contributed by atoms with Crippen LogP contribution in [0.1, 0.15) is 56.0 Å². The molecule has 1 heterocycles. The van der Waals surface area contributed by atoms with Crippen LogP contribution in [0.2, 0.25) is 0 Å². The van der Waals surface area contributed by atoms with E-state index in [1.807, 2.05) is 6.07 Å². The molecule has 1 aromatic carbocycles. The monoisotopic (exact) mass is 245 g/mol. The third-order valence-electron chi connectivity index (χ3n) is 3.47. The molecule has 0 spiro atoms. The van der Waals surface area contributed by atoms with Crippen molar-refractivity contribution in [1.82, 2.24) is 0 Å². The van der Waals surface area contributed by atoms with E-state index >= 15 is 0 Å². The lowest BCUT2D eigenvalue weighted by Gasteiger charge is -2.19. The lowest BCUT2D eigenvalue weighted by molar-refractivity contribution is 0.0966. The summed E-state index contributed by atoms with van der Waals surface area (Å²) in [6.07, 6.45) is 3.84. The molecule has 0 aliphatic carbocycles. The number of ketones is 1. The van der Waals surface area contributed by atoms with Crippen molar-refractivity contribution in [2.75, 3.05) is 11.9 Å². The summed E-state index contributed by atoms with van der Waals surface area (Å²) < 4.78 is 0. The summed E-state index contributed by atoms with van der Waals surface area (Å²) in [5.74, 6) is 0.276. The van der Waals surface area contributed by atoms with Crippen LogP contribution in [0.15, 0.2) is 18.2 Å². The summed E-state index contributed by atoms with van der Waals surface area (Å²) in [7, 11) is 0. The van der Waals surface area contributed by atoms with Crippen LogP contribution < -0.4 is 5.32 Å². The van der Waals surface area contributed by atoms with Gasteiger partial charge in [0.25, 0.3) is 0 Å². The molecule has 0 unspecified atom stereocenters. The number of hydrogen-bond acceptors (Lipinski definition) is 2. The SMILES string of the molecule is CC(C)(C)CCC(=O)c1ccc2c(c1)CCCN2. The zero-order valence-corrected chi connectivity index (χ0v) is 11.7. The summed E-state index contributed by atoms with van der Waals surface area (Å²) in [6, 6.07) is 6.09. The third kappa shape index (κ3) is 3.34. The van der Waals surface area contributed by atoms with Gasteiger partial charge in [-0.1, -0.05) is 20.8 Å². The highest BCUT2D eigenvalue weighted by Gasteiger charge is 2.16. The first-order chi connectivity index (χ1) is 8.46. The van der Waals surface area contributed by atoms with Crippen molar-refractivity contribution < 1.29 is 4.79 Å². The highest BCUT2D eigenvalue weighted by atomic mass is 16.1. The molecule has 2 nitrogen and oxygen atoms in total. The van der Waals surface area contributed by atoms with E-state index in [-0.39, 0.29) is 11.2 Å². The second-order valence-electron chi connectivity index (χ2n) is 6.39. The topological polar surface area (TPSA) is 29.1 Å². The summed E-state index contributed by atoms with van der Waals surface area (Å²) >= 11 is 0. The minimum absolute atomic E-state index is 0.228. The minimum Gasteiger partial charge on any atom is -0.385 e. The molecule has 18 heavy (non-hydrogen) atoms. The highest BCUT2D eigenvalue weighted by Crippen LogP contribution is 2.25. The van der Waals surface area contributed by atoms with Crippen molar-refractivity contribution in [1.29, 1.82) is 0 Å². The van der Waals surface area contributed by atoms with Crippen LogP contribution >= 0.6 is 0 Å². The fraction of sp³-hybridized carbons (Fsp3) is 0.562. The Hall–Kier alpha value is -1.31. The first-order valence-corrected chi connectivity index (χ1v) is 6.86. The molecule has 1 aliphatic rings. The molecular weight excluding hydrogens is 222 g/mol. The van der Waals surface area contributed by atoms with Crippen molar-refractivity contribution in [3.8, 4) is 0 Å². The van der Waals surface area contributed by atoms with Crippen molar-refractivity contribution in [2.24, 2.45) is 5.41 Å². The molecule has 0 aromatic heterocycles. The molecule has 2 rings (SSSR count). The predicted octanol–water partition coefficient (Wildman–Crippen LogP) is 4.05. The maximum absolute atomic E-state index is 12.2. The Labute approximate surface area is 110 Å². The number of hydrogen-bond donors (Lipinski definition) is 1. The van der Waals surface area contributed by atoms with Gasteiger partial charge in [-0.2, -0.15) is 0 Å². The molecule has 1 aliphatic heterocycles. The maximum atomic E-state index is 12.2. The number of aryl methyl sites for hydroxylation is 1. The van der Waals surface area contributed by atoms with Crippen LogP contribution in [0.3, 0.4) is 0 Å². The van der Waals surface area contributed by atoms with E-state index in [0.717, 1.165) is 31.4 Å². The number of carbonyl (C=O) groups excluding carboxylic acids is 1. The Morgan fingerprint density at radius 2 is 2.11 bits per heavy atom. The Bertz CT molecular complexity index is 443. The number of carbonyl (C=O) groups is 1. The second kappa shape index (κ2) is 5.13. The average molecular weight is 245 g/mol. The maximum Gasteiger partial charge on any atom is 0.162 e. The molecule has 0 atom stereocenters. The van der Waals surface area contributed by atoms with Crippen LogP contribution in [0.5, 0.6) is 0 Å². The van der Waals surface area contributed by atoms with Gasteiger partial charge in [0, 0.05) is 24.2 Å². The lowest BCUT2D eigenvalue weighted by atomic mass is 9.88. The number of Topliss-reactive ketones (excluding diaryl/α,β-unsaturated/α-hetero) is 1. The van der Waals surface area contributed by atoms with Gasteiger partial charge in [0.15, 0.2) is 5.78 Å². The van der Waals surface area contributed by atoms with Crippen LogP contribution in [-0.2, 0) is 6.42 Å². The fourth-order valence-corrected chi connectivity index (χ4v) is 2.28. The van der Waals surface area contributed by atoms with Crippen molar-refractivity contribution >= 4 is 11.5 Å². The van der Waals surface area contributed by atoms with E-state index in [2.05, 4.69) is 38.2 Å². The first-order valence-electron chi connectivity index (χ1n) is 6.86. The van der Waals surface area contributed by atoms with E-state index in [1.54, 1.807) is 0 Å². The molecule has 1 N–H and O–H groups in total. The standard InChI is InChI=1S/C16H23NO/c1-16(2,3)9-8-15(18)13-6-7-14-12(11-13)5-4-10-17-14/h6-7,11,17H,4-5,8-10H2,1-3H3. The van der Waals surface area contributed by atoms with Crippen LogP contribution in [0.4, 0.5) is 5.69 Å². The van der Waals surface area contributed by atoms with Crippen LogP contribution in [0, 0.1) is 5.41 Å². The molecule has 2 heteroatoms. The number of anilines is 1. The van der Waals surface area contributed by atoms with Gasteiger partial charge in [-0.05, 0) is 48.4 Å². The van der Waals surface area contributed by atoms with E-state index in [0.29, 0.717) is 6.42 Å². The van der Waals surface area contributed by atoms with Crippen molar-refractivity contribution in [2.45, 2.75) is 46.5 Å². The quantitative estimate of drug-likeness (QED) is 0.814. The summed E-state index contributed by atoms with van der Waals surface area (Å²) in [5, 5.41) is 3.37. The number of benzene rings is 1. The summed E-state index contributed by atoms with van der Waals surface area (Å²) in [6.45, 7) is 7.58. The van der Waals surface area contributed by atoms with Gasteiger partial charge in [-0.25, -0.2) is 0 Å². The lowest BCUT2D eigenvalue weighted by Crippen LogP contribution is -2.13. The molecule has 0 saturated heterocycles. The van der Waals surface area contributed by atoms with Gasteiger partial charge in [0.2, 0.25) is 0 Å². The van der Waals surface area contributed by atoms with Gasteiger partial charge in [0.05, 0.1) is 0 Å². The van der Waals surface area contributed by atoms with E-state index in [4.69, 9.17) is 0 Å². The Morgan fingerprint density at radius 3 is 2.83 bits per heavy atom. The summed E-state index contributed by atoms with van der Waals surface area (Å²) in [5.41, 5.74) is 3.60. The molecular formula is C16H23NO.